The van der Waals surface area contributed by atoms with Crippen LogP contribution in [0.2, 0.25) is 0 Å². The molecule has 3 aliphatic rings. The lowest BCUT2D eigenvalue weighted by Crippen LogP contribution is -2.45. The van der Waals surface area contributed by atoms with Crippen molar-refractivity contribution in [2.45, 2.75) is 52.1 Å². The molecule has 3 fully saturated rings. The Labute approximate surface area is 154 Å². The lowest BCUT2D eigenvalue weighted by atomic mass is 9.76. The molecule has 7 nitrogen and oxygen atoms in total. The Morgan fingerprint density at radius 2 is 1.92 bits per heavy atom. The Morgan fingerprint density at radius 1 is 1.23 bits per heavy atom. The molecular weight excluding hydrogens is 332 g/mol. The highest BCUT2D eigenvalue weighted by Gasteiger charge is 2.51. The van der Waals surface area contributed by atoms with Gasteiger partial charge >= 0.3 is 5.97 Å². The average molecular weight is 360 g/mol. The van der Waals surface area contributed by atoms with Crippen molar-refractivity contribution >= 4 is 11.9 Å². The summed E-state index contributed by atoms with van der Waals surface area (Å²) in [6.45, 7) is 8.03. The van der Waals surface area contributed by atoms with Crippen molar-refractivity contribution in [3.05, 3.63) is 17.0 Å². The van der Waals surface area contributed by atoms with Crippen molar-refractivity contribution in [2.75, 3.05) is 32.7 Å². The third-order valence-electron chi connectivity index (χ3n) is 6.34. The van der Waals surface area contributed by atoms with Gasteiger partial charge in [-0.05, 0) is 52.6 Å². The summed E-state index contributed by atoms with van der Waals surface area (Å²) in [4.78, 5) is 29.7. The molecular formula is C19H28N4O3. The third kappa shape index (κ3) is 3.02. The van der Waals surface area contributed by atoms with E-state index in [1.165, 1.54) is 12.8 Å². The number of piperidine rings is 1. The summed E-state index contributed by atoms with van der Waals surface area (Å²) in [6.07, 6.45) is 4.70. The minimum Gasteiger partial charge on any atom is -0.461 e. The van der Waals surface area contributed by atoms with Crippen LogP contribution >= 0.6 is 0 Å². The van der Waals surface area contributed by atoms with E-state index in [4.69, 9.17) is 4.74 Å². The van der Waals surface area contributed by atoms with Gasteiger partial charge in [-0.15, -0.1) is 0 Å². The molecule has 7 heteroatoms. The molecule has 3 aliphatic heterocycles. The van der Waals surface area contributed by atoms with Crippen molar-refractivity contribution in [1.82, 2.24) is 20.0 Å². The van der Waals surface area contributed by atoms with Crippen LogP contribution < -0.4 is 0 Å². The number of aryl methyl sites for hydroxylation is 2. The van der Waals surface area contributed by atoms with Gasteiger partial charge in [0.2, 0.25) is 0 Å². The van der Waals surface area contributed by atoms with E-state index >= 15 is 0 Å². The van der Waals surface area contributed by atoms with Gasteiger partial charge in [0.25, 0.3) is 5.91 Å². The van der Waals surface area contributed by atoms with Gasteiger partial charge in [-0.3, -0.25) is 19.6 Å². The topological polar surface area (TPSA) is 78.5 Å². The number of hydrogen-bond donors (Lipinski definition) is 1. The van der Waals surface area contributed by atoms with Gasteiger partial charge in [-0.2, -0.15) is 5.10 Å². The lowest BCUT2D eigenvalue weighted by molar-refractivity contribution is -0.150. The van der Waals surface area contributed by atoms with Crippen LogP contribution in [0.5, 0.6) is 0 Å². The highest BCUT2D eigenvalue weighted by Crippen LogP contribution is 2.43. The molecule has 1 unspecified atom stereocenters. The molecule has 0 bridgehead atoms. The molecule has 1 spiro atoms. The van der Waals surface area contributed by atoms with Crippen molar-refractivity contribution in [1.29, 1.82) is 0 Å². The van der Waals surface area contributed by atoms with Crippen LogP contribution in [0.1, 0.15) is 53.8 Å². The zero-order valence-corrected chi connectivity index (χ0v) is 15.7. The number of carbonyl (C=O) groups is 2. The third-order valence-corrected chi connectivity index (χ3v) is 6.34. The van der Waals surface area contributed by atoms with Crippen molar-refractivity contribution in [2.24, 2.45) is 5.41 Å². The quantitative estimate of drug-likeness (QED) is 0.830. The number of esters is 1. The second-order valence-corrected chi connectivity index (χ2v) is 8.12. The largest absolute Gasteiger partial charge is 0.461 e. The van der Waals surface area contributed by atoms with Gasteiger partial charge in [0.05, 0.1) is 16.7 Å². The molecule has 0 radical (unpaired) electrons. The molecule has 1 N–H and O–H groups in total. The van der Waals surface area contributed by atoms with E-state index < -0.39 is 0 Å². The van der Waals surface area contributed by atoms with Crippen LogP contribution in [-0.4, -0.2) is 70.7 Å². The number of hydrogen-bond acceptors (Lipinski definition) is 5. The second kappa shape index (κ2) is 6.68. The number of likely N-dealkylation sites (tertiary alicyclic amines) is 2. The molecule has 1 amide bonds. The predicted molar refractivity (Wildman–Crippen MR) is 95.8 cm³/mol. The van der Waals surface area contributed by atoms with Gasteiger partial charge in [0.15, 0.2) is 0 Å². The molecule has 26 heavy (non-hydrogen) atoms. The Kier molecular flexibility index (Phi) is 4.50. The summed E-state index contributed by atoms with van der Waals surface area (Å²) in [7, 11) is 0. The normalized spacial score (nSPS) is 25.8. The Hall–Kier alpha value is -1.89. The molecule has 0 aliphatic carbocycles. The van der Waals surface area contributed by atoms with E-state index in [-0.39, 0.29) is 23.4 Å². The van der Waals surface area contributed by atoms with Crippen molar-refractivity contribution in [3.63, 3.8) is 0 Å². The molecule has 1 atom stereocenters. The number of carbonyl (C=O) groups excluding carboxylic acids is 2. The molecule has 142 valence electrons. The molecule has 0 saturated carbocycles. The van der Waals surface area contributed by atoms with Crippen LogP contribution in [0, 0.1) is 19.3 Å². The number of H-pyrrole nitrogens is 1. The Morgan fingerprint density at radius 3 is 2.54 bits per heavy atom. The lowest BCUT2D eigenvalue weighted by Gasteiger charge is -2.36. The summed E-state index contributed by atoms with van der Waals surface area (Å²) in [5.74, 6) is -0.0342. The zero-order valence-electron chi connectivity index (χ0n) is 15.7. The van der Waals surface area contributed by atoms with E-state index in [0.29, 0.717) is 31.5 Å². The van der Waals surface area contributed by atoms with E-state index in [0.717, 1.165) is 37.4 Å². The fraction of sp³-hybridized carbons (Fsp3) is 0.737. The minimum absolute atomic E-state index is 0.0150. The number of ether oxygens (including phenoxy) is 1. The summed E-state index contributed by atoms with van der Waals surface area (Å²) >= 11 is 0. The first-order chi connectivity index (χ1) is 12.5. The molecule has 4 rings (SSSR count). The number of nitrogens with one attached hydrogen (secondary N) is 1. The molecule has 1 aromatic heterocycles. The fourth-order valence-electron chi connectivity index (χ4n) is 4.76. The monoisotopic (exact) mass is 360 g/mol. The van der Waals surface area contributed by atoms with Gasteiger partial charge in [-0.25, -0.2) is 0 Å². The highest BCUT2D eigenvalue weighted by molar-refractivity contribution is 5.96. The maximum Gasteiger partial charge on any atom is 0.312 e. The first-order valence-corrected chi connectivity index (χ1v) is 9.73. The summed E-state index contributed by atoms with van der Waals surface area (Å²) < 4.78 is 5.72. The van der Waals surface area contributed by atoms with Crippen LogP contribution in [0.25, 0.3) is 0 Å². The van der Waals surface area contributed by atoms with Crippen LogP contribution in [0.15, 0.2) is 0 Å². The number of rotatable bonds is 3. The second-order valence-electron chi connectivity index (χ2n) is 8.12. The first kappa shape index (κ1) is 17.5. The molecule has 0 aromatic carbocycles. The van der Waals surface area contributed by atoms with Crippen molar-refractivity contribution in [3.8, 4) is 0 Å². The SMILES string of the molecule is Cc1n[nH]c(C)c1C(=O)N1CCC2(CC1)CC(CN1CCCC1)OC2=O. The number of aromatic amines is 1. The number of nitrogens with zero attached hydrogens (tertiary/aromatic N) is 3. The Balaban J connectivity index is 1.38. The van der Waals surface area contributed by atoms with Gasteiger partial charge in [0, 0.05) is 31.7 Å². The summed E-state index contributed by atoms with van der Waals surface area (Å²) in [5.41, 5.74) is 1.82. The maximum absolute atomic E-state index is 12.8. The zero-order chi connectivity index (χ0) is 18.3. The smallest absolute Gasteiger partial charge is 0.312 e. The molecule has 3 saturated heterocycles. The van der Waals surface area contributed by atoms with Crippen LogP contribution in [0.4, 0.5) is 0 Å². The number of cyclic esters (lactones) is 1. The number of aromatic nitrogens is 2. The number of amides is 1. The van der Waals surface area contributed by atoms with Gasteiger partial charge in [0.1, 0.15) is 6.10 Å². The minimum atomic E-state index is -0.387. The van der Waals surface area contributed by atoms with Crippen molar-refractivity contribution < 1.29 is 14.3 Å². The first-order valence-electron chi connectivity index (χ1n) is 9.73. The van der Waals surface area contributed by atoms with Gasteiger partial charge in [-0.1, -0.05) is 0 Å². The van der Waals surface area contributed by atoms with E-state index in [1.807, 2.05) is 18.7 Å². The summed E-state index contributed by atoms with van der Waals surface area (Å²) in [5, 5.41) is 7.00. The van der Waals surface area contributed by atoms with Gasteiger partial charge < -0.3 is 9.64 Å². The van der Waals surface area contributed by atoms with Crippen LogP contribution in [-0.2, 0) is 9.53 Å². The average Bonchev–Trinajstić information content (AvgIpc) is 3.31. The molecule has 4 heterocycles. The van der Waals surface area contributed by atoms with Crippen LogP contribution in [0.3, 0.4) is 0 Å². The maximum atomic E-state index is 12.8. The summed E-state index contributed by atoms with van der Waals surface area (Å²) in [6, 6.07) is 0. The Bertz CT molecular complexity index is 680. The predicted octanol–water partition coefficient (Wildman–Crippen LogP) is 1.66. The fourth-order valence-corrected chi connectivity index (χ4v) is 4.76. The molecule has 1 aromatic rings. The van der Waals surface area contributed by atoms with E-state index in [1.54, 1.807) is 0 Å². The standard InChI is InChI=1S/C19H28N4O3/c1-13-16(14(2)21-20-13)17(24)23-9-5-19(6-10-23)11-15(26-18(19)25)12-22-7-3-4-8-22/h15H,3-12H2,1-2H3,(H,20,21). The van der Waals surface area contributed by atoms with E-state index in [9.17, 15) is 9.59 Å². The highest BCUT2D eigenvalue weighted by atomic mass is 16.6. The van der Waals surface area contributed by atoms with E-state index in [2.05, 4.69) is 15.1 Å².